The van der Waals surface area contributed by atoms with Crippen molar-refractivity contribution < 1.29 is 47.3 Å². The smallest absolute Gasteiger partial charge is 0.368 e. The topological polar surface area (TPSA) is 363 Å². The number of ether oxygens (including phenoxy) is 1. The summed E-state index contributed by atoms with van der Waals surface area (Å²) in [6.07, 6.45) is -1.42. The number of nitrogens with one attached hydrogen (secondary N) is 1. The molecule has 0 aromatic carbocycles. The van der Waals surface area contributed by atoms with Crippen molar-refractivity contribution in [2.45, 2.75) is 29.3 Å². The zero-order valence-electron chi connectivity index (χ0n) is 15.1. The lowest BCUT2D eigenvalue weighted by Gasteiger charge is -2.47. The van der Waals surface area contributed by atoms with Gasteiger partial charge in [-0.3, -0.25) is 47.9 Å². The molecule has 2 rings (SSSR count). The molecule has 1 aromatic rings. The van der Waals surface area contributed by atoms with Crippen molar-refractivity contribution in [1.82, 2.24) is 9.55 Å². The first kappa shape index (κ1) is 25.8. The summed E-state index contributed by atoms with van der Waals surface area (Å²) in [6, 6.07) is 0.795. The van der Waals surface area contributed by atoms with Crippen molar-refractivity contribution in [3.05, 3.63) is 33.1 Å². The zero-order valence-corrected chi connectivity index (χ0v) is 16.9. The molecule has 0 aliphatic carbocycles. The predicted molar refractivity (Wildman–Crippen MR) is 94.8 cm³/mol. The Balaban J connectivity index is 2.62. The lowest BCUT2D eigenvalue weighted by atomic mass is 9.89. The highest BCUT2D eigenvalue weighted by molar-refractivity contribution is 7.60. The molecule has 0 amide bonds. The Hall–Kier alpha value is -1.42. The average molecular weight is 494 g/mol. The fraction of sp³-hybridized carbons (Fsp3) is 0.556. The summed E-state index contributed by atoms with van der Waals surface area (Å²) >= 11 is 0. The first-order valence-corrected chi connectivity index (χ1v) is 10.6. The molecule has 31 heavy (non-hydrogen) atoms. The van der Waals surface area contributed by atoms with Crippen LogP contribution in [0.5, 0.6) is 0 Å². The Morgan fingerprint density at radius 2 is 1.74 bits per heavy atom. The van der Waals surface area contributed by atoms with Crippen LogP contribution in [0.2, 0.25) is 0 Å². The first-order valence-electron chi connectivity index (χ1n) is 7.57. The Bertz CT molecular complexity index is 1070. The Labute approximate surface area is 170 Å². The van der Waals surface area contributed by atoms with Gasteiger partial charge >= 0.3 is 21.3 Å². The monoisotopic (exact) mass is 494 g/mol. The number of aromatic nitrogens is 2. The van der Waals surface area contributed by atoms with Gasteiger partial charge in [0.15, 0.2) is 6.23 Å². The number of H-pyrrole nitrogens is 1. The summed E-state index contributed by atoms with van der Waals surface area (Å²) in [5.74, 6) is 1.64. The average Bonchev–Trinajstić information content (AvgIpc) is 2.71. The van der Waals surface area contributed by atoms with Crippen LogP contribution in [0.1, 0.15) is 6.23 Å². The molecule has 17 N–H and O–H groups in total. The minimum Gasteiger partial charge on any atom is -0.368 e. The molecule has 178 valence electrons. The van der Waals surface area contributed by atoms with Gasteiger partial charge in [-0.25, -0.2) is 24.3 Å². The maximum absolute atomic E-state index is 12.1. The minimum absolute atomic E-state index is 0.442. The lowest BCUT2D eigenvalue weighted by Crippen LogP contribution is -2.87. The number of phosphoric acid groups is 2. The molecule has 1 unspecified atom stereocenters. The van der Waals surface area contributed by atoms with E-state index in [1.807, 2.05) is 0 Å². The van der Waals surface area contributed by atoms with E-state index in [4.69, 9.17) is 49.1 Å². The van der Waals surface area contributed by atoms with E-state index in [0.29, 0.717) is 4.57 Å². The van der Waals surface area contributed by atoms with Gasteiger partial charge in [-0.15, -0.1) is 0 Å². The zero-order chi connectivity index (χ0) is 24.3. The molecule has 1 aromatic heterocycles. The van der Waals surface area contributed by atoms with Gasteiger partial charge in [-0.05, 0) is 0 Å². The van der Waals surface area contributed by atoms with Gasteiger partial charge in [0.1, 0.15) is 0 Å². The highest BCUT2D eigenvalue weighted by Crippen LogP contribution is 2.60. The third kappa shape index (κ3) is 4.29. The van der Waals surface area contributed by atoms with Crippen LogP contribution in [-0.2, 0) is 27.5 Å². The maximum atomic E-state index is 12.1. The molecule has 1 saturated heterocycles. The van der Waals surface area contributed by atoms with Gasteiger partial charge in [0.2, 0.25) is 23.0 Å². The highest BCUT2D eigenvalue weighted by atomic mass is 31.3. The Kier molecular flexibility index (Phi) is 6.31. The number of hydrogen-bond acceptors (Lipinski definition) is 15. The quantitative estimate of drug-likeness (QED) is 0.0952. The molecule has 0 spiro atoms. The number of phosphoric ester groups is 1. The predicted octanol–water partition coefficient (Wildman–Crippen LogP) is -6.29. The molecule has 5 atom stereocenters. The second-order valence-corrected chi connectivity index (χ2v) is 9.08. The van der Waals surface area contributed by atoms with E-state index >= 15 is 0 Å². The summed E-state index contributed by atoms with van der Waals surface area (Å²) in [5.41, 5.74) is 16.8. The summed E-state index contributed by atoms with van der Waals surface area (Å²) in [7, 11) is -11.4. The van der Waals surface area contributed by atoms with E-state index in [9.17, 15) is 28.7 Å². The van der Waals surface area contributed by atoms with Crippen LogP contribution in [0.3, 0.4) is 0 Å². The maximum Gasteiger partial charge on any atom is 0.484 e. The molecular weight excluding hydrogens is 474 g/mol. The van der Waals surface area contributed by atoms with E-state index in [1.165, 1.54) is 0 Å². The molecule has 22 heteroatoms. The third-order valence-corrected chi connectivity index (χ3v) is 6.38. The summed E-state index contributed by atoms with van der Waals surface area (Å²) < 4.78 is 36.2. The first-order chi connectivity index (χ1) is 13.7. The van der Waals surface area contributed by atoms with Crippen molar-refractivity contribution in [3.63, 3.8) is 0 Å². The van der Waals surface area contributed by atoms with Crippen LogP contribution in [0, 0.1) is 0 Å². The van der Waals surface area contributed by atoms with Crippen LogP contribution < -0.4 is 45.8 Å². The van der Waals surface area contributed by atoms with E-state index in [2.05, 4.69) is 13.7 Å². The molecule has 0 radical (unpaired) electrons. The number of rotatable bonds is 7. The van der Waals surface area contributed by atoms with Crippen molar-refractivity contribution in [2.24, 2.45) is 34.6 Å². The van der Waals surface area contributed by atoms with Crippen LogP contribution in [0.25, 0.3) is 0 Å². The van der Waals surface area contributed by atoms with E-state index < -0.39 is 56.1 Å². The molecule has 1 aliphatic heterocycles. The number of hydrogen-bond donors (Lipinski definition) is 11. The SMILES string of the molecule is NO[C@@]1(N)[C@@](N)(O)[C@H](n2ccc(=O)[nH]c2=O)O[C@]1(N)C(N)(N)OP(=O)(O)OP(=O)(O)O. The van der Waals surface area contributed by atoms with E-state index in [-0.39, 0.29) is 0 Å². The van der Waals surface area contributed by atoms with Crippen molar-refractivity contribution in [1.29, 1.82) is 0 Å². The Morgan fingerprint density at radius 3 is 2.19 bits per heavy atom. The largest absolute Gasteiger partial charge is 0.484 e. The molecular formula is C9H20N8O12P2. The van der Waals surface area contributed by atoms with Crippen LogP contribution in [0.4, 0.5) is 0 Å². The van der Waals surface area contributed by atoms with Gasteiger partial charge in [-0.1, -0.05) is 0 Å². The molecule has 1 aliphatic rings. The van der Waals surface area contributed by atoms with Crippen molar-refractivity contribution in [2.75, 3.05) is 0 Å². The fourth-order valence-electron chi connectivity index (χ4n) is 2.69. The molecule has 0 bridgehead atoms. The van der Waals surface area contributed by atoms with Crippen LogP contribution in [0.15, 0.2) is 21.9 Å². The Morgan fingerprint density at radius 1 is 1.19 bits per heavy atom. The number of nitrogens with zero attached hydrogens (tertiary/aromatic N) is 1. The molecule has 1 fully saturated rings. The normalized spacial score (nSPS) is 33.9. The van der Waals surface area contributed by atoms with Crippen molar-refractivity contribution in [3.8, 4) is 0 Å². The molecule has 20 nitrogen and oxygen atoms in total. The molecule has 2 heterocycles. The second kappa shape index (κ2) is 7.57. The highest BCUT2D eigenvalue weighted by Gasteiger charge is 2.78. The number of aromatic amines is 1. The van der Waals surface area contributed by atoms with Gasteiger partial charge in [0, 0.05) is 12.3 Å². The number of nitrogens with two attached hydrogens (primary N) is 6. The standard InChI is InChI=1S/C9H20N8O12P2/c10-6(20)4(17-2-1-3(18)16-5(17)19)26-8(12,7(6,11)27-15)9(13,14)28-31(24,25)29-30(21,22)23/h1-2,4,20H,10-15H2,(H,24,25)(H,16,18,19)(H2,21,22,23)/t4-,6+,7+,8+/m1/s1. The number of aliphatic hydroxyl groups is 1. The van der Waals surface area contributed by atoms with Crippen LogP contribution in [-0.4, -0.2) is 52.4 Å². The van der Waals surface area contributed by atoms with Crippen LogP contribution >= 0.6 is 15.6 Å². The summed E-state index contributed by atoms with van der Waals surface area (Å²) in [4.78, 5) is 56.5. The van der Waals surface area contributed by atoms with Gasteiger partial charge in [0.25, 0.3) is 5.56 Å². The second-order valence-electron chi connectivity index (χ2n) is 6.33. The van der Waals surface area contributed by atoms with Gasteiger partial charge in [0.05, 0.1) is 0 Å². The van der Waals surface area contributed by atoms with Gasteiger partial charge in [-0.2, -0.15) is 4.31 Å². The molecule has 0 saturated carbocycles. The lowest BCUT2D eigenvalue weighted by molar-refractivity contribution is -0.256. The van der Waals surface area contributed by atoms with E-state index in [0.717, 1.165) is 12.3 Å². The summed E-state index contributed by atoms with van der Waals surface area (Å²) in [5, 5.41) is 10.7. The third-order valence-electron chi connectivity index (χ3n) is 4.17. The minimum atomic E-state index is -5.81. The van der Waals surface area contributed by atoms with E-state index in [1.54, 1.807) is 4.98 Å². The summed E-state index contributed by atoms with van der Waals surface area (Å²) in [6.45, 7) is 0. The fourth-order valence-corrected chi connectivity index (χ4v) is 4.42. The van der Waals surface area contributed by atoms with Crippen molar-refractivity contribution >= 4 is 15.6 Å². The van der Waals surface area contributed by atoms with Gasteiger partial charge < -0.3 is 24.5 Å².